The number of fused-ring (bicyclic) bond motifs is 1. The lowest BCUT2D eigenvalue weighted by Crippen LogP contribution is -2.36. The first-order valence-corrected chi connectivity index (χ1v) is 10.6. The van der Waals surface area contributed by atoms with E-state index in [0.717, 1.165) is 55.5 Å². The SMILES string of the molecule is O=C(Nc1ccc2ncc(C3C=NN(C4CCNC4)C3)cc2n1)NC1CCCC1. The summed E-state index contributed by atoms with van der Waals surface area (Å²) < 4.78 is 0. The van der Waals surface area contributed by atoms with Gasteiger partial charge in [0.05, 0.1) is 17.1 Å². The van der Waals surface area contributed by atoms with Crippen LogP contribution >= 0.6 is 0 Å². The largest absolute Gasteiger partial charge is 0.335 e. The molecule has 1 saturated carbocycles. The summed E-state index contributed by atoms with van der Waals surface area (Å²) in [5.41, 5.74) is 2.72. The van der Waals surface area contributed by atoms with Gasteiger partial charge in [-0.3, -0.25) is 15.3 Å². The molecule has 3 N–H and O–H groups in total. The van der Waals surface area contributed by atoms with Crippen molar-refractivity contribution in [2.24, 2.45) is 5.10 Å². The number of pyridine rings is 2. The van der Waals surface area contributed by atoms with Gasteiger partial charge in [-0.1, -0.05) is 12.8 Å². The highest BCUT2D eigenvalue weighted by Gasteiger charge is 2.28. The molecule has 1 aliphatic carbocycles. The number of amides is 2. The summed E-state index contributed by atoms with van der Waals surface area (Å²) in [7, 11) is 0. The van der Waals surface area contributed by atoms with E-state index < -0.39 is 0 Å². The van der Waals surface area contributed by atoms with Crippen molar-refractivity contribution in [3.63, 3.8) is 0 Å². The fourth-order valence-corrected chi connectivity index (χ4v) is 4.49. The Bertz CT molecular complexity index is 918. The molecule has 0 radical (unpaired) electrons. The molecular weight excluding hydrogens is 366 g/mol. The Balaban J connectivity index is 1.28. The van der Waals surface area contributed by atoms with Crippen LogP contribution in [-0.4, -0.2) is 58.9 Å². The number of carbonyl (C=O) groups is 1. The highest BCUT2D eigenvalue weighted by molar-refractivity contribution is 5.90. The summed E-state index contributed by atoms with van der Waals surface area (Å²) in [4.78, 5) is 21.4. The zero-order valence-corrected chi connectivity index (χ0v) is 16.5. The fourth-order valence-electron chi connectivity index (χ4n) is 4.49. The summed E-state index contributed by atoms with van der Waals surface area (Å²) in [6.07, 6.45) is 9.56. The van der Waals surface area contributed by atoms with Crippen LogP contribution < -0.4 is 16.0 Å². The quantitative estimate of drug-likeness (QED) is 0.742. The number of hydrogen-bond acceptors (Lipinski definition) is 6. The molecule has 152 valence electrons. The molecule has 2 aromatic rings. The highest BCUT2D eigenvalue weighted by Crippen LogP contribution is 2.25. The number of nitrogens with one attached hydrogen (secondary N) is 3. The van der Waals surface area contributed by atoms with E-state index in [-0.39, 0.29) is 18.0 Å². The van der Waals surface area contributed by atoms with Gasteiger partial charge in [0.25, 0.3) is 0 Å². The molecule has 0 bridgehead atoms. The van der Waals surface area contributed by atoms with Crippen molar-refractivity contribution in [1.82, 2.24) is 25.6 Å². The van der Waals surface area contributed by atoms with E-state index in [1.807, 2.05) is 18.5 Å². The summed E-state index contributed by atoms with van der Waals surface area (Å²) in [6, 6.07) is 6.35. The maximum Gasteiger partial charge on any atom is 0.320 e. The lowest BCUT2D eigenvalue weighted by atomic mass is 10.0. The van der Waals surface area contributed by atoms with Crippen molar-refractivity contribution < 1.29 is 4.79 Å². The van der Waals surface area contributed by atoms with Gasteiger partial charge in [0.15, 0.2) is 0 Å². The Hall–Kier alpha value is -2.74. The van der Waals surface area contributed by atoms with Crippen LogP contribution in [0.25, 0.3) is 11.0 Å². The summed E-state index contributed by atoms with van der Waals surface area (Å²) in [5.74, 6) is 0.766. The molecule has 2 atom stereocenters. The molecule has 29 heavy (non-hydrogen) atoms. The molecule has 8 heteroatoms. The molecule has 2 aliphatic heterocycles. The first-order valence-electron chi connectivity index (χ1n) is 10.6. The molecule has 5 rings (SSSR count). The van der Waals surface area contributed by atoms with Crippen LogP contribution in [-0.2, 0) is 0 Å². The molecule has 8 nitrogen and oxygen atoms in total. The smallest absolute Gasteiger partial charge is 0.320 e. The molecule has 2 unspecified atom stereocenters. The number of nitrogens with zero attached hydrogens (tertiary/aromatic N) is 4. The van der Waals surface area contributed by atoms with Crippen LogP contribution in [0.5, 0.6) is 0 Å². The minimum atomic E-state index is -0.184. The van der Waals surface area contributed by atoms with Gasteiger partial charge in [0, 0.05) is 37.5 Å². The monoisotopic (exact) mass is 393 g/mol. The lowest BCUT2D eigenvalue weighted by molar-refractivity contribution is 0.235. The van der Waals surface area contributed by atoms with E-state index in [9.17, 15) is 4.79 Å². The first kappa shape index (κ1) is 18.3. The van der Waals surface area contributed by atoms with Gasteiger partial charge >= 0.3 is 6.03 Å². The van der Waals surface area contributed by atoms with E-state index in [0.29, 0.717) is 11.9 Å². The van der Waals surface area contributed by atoms with Gasteiger partial charge in [0.1, 0.15) is 5.82 Å². The van der Waals surface area contributed by atoms with Gasteiger partial charge in [-0.15, -0.1) is 0 Å². The summed E-state index contributed by atoms with van der Waals surface area (Å²) >= 11 is 0. The van der Waals surface area contributed by atoms with Crippen molar-refractivity contribution in [3.8, 4) is 0 Å². The average molecular weight is 393 g/mol. The van der Waals surface area contributed by atoms with Crippen LogP contribution in [0.3, 0.4) is 0 Å². The Morgan fingerprint density at radius 3 is 2.90 bits per heavy atom. The molecule has 4 heterocycles. The van der Waals surface area contributed by atoms with Crippen molar-refractivity contribution in [3.05, 3.63) is 30.0 Å². The van der Waals surface area contributed by atoms with Gasteiger partial charge < -0.3 is 10.6 Å². The van der Waals surface area contributed by atoms with E-state index in [4.69, 9.17) is 0 Å². The molecule has 2 amide bonds. The number of carbonyl (C=O) groups excluding carboxylic acids is 1. The number of urea groups is 1. The molecular formula is C21H27N7O. The Kier molecular flexibility index (Phi) is 5.01. The minimum Gasteiger partial charge on any atom is -0.335 e. The normalized spacial score (nSPS) is 24.5. The fraction of sp³-hybridized carbons (Fsp3) is 0.524. The Morgan fingerprint density at radius 2 is 2.07 bits per heavy atom. The third kappa shape index (κ3) is 4.03. The topological polar surface area (TPSA) is 94.5 Å². The van der Waals surface area contributed by atoms with Crippen molar-refractivity contribution in [1.29, 1.82) is 0 Å². The van der Waals surface area contributed by atoms with Gasteiger partial charge in [-0.2, -0.15) is 5.10 Å². The number of hydrogen-bond donors (Lipinski definition) is 3. The van der Waals surface area contributed by atoms with E-state index in [2.05, 4.69) is 42.1 Å². The van der Waals surface area contributed by atoms with Crippen LogP contribution in [0.1, 0.15) is 43.6 Å². The number of hydrazone groups is 1. The molecule has 0 spiro atoms. The van der Waals surface area contributed by atoms with Gasteiger partial charge in [-0.05, 0) is 49.6 Å². The maximum absolute atomic E-state index is 12.2. The zero-order valence-electron chi connectivity index (χ0n) is 16.5. The molecule has 1 saturated heterocycles. The molecule has 3 aliphatic rings. The number of rotatable bonds is 4. The Labute approximate surface area is 170 Å². The summed E-state index contributed by atoms with van der Waals surface area (Å²) in [5, 5.41) is 16.1. The van der Waals surface area contributed by atoms with E-state index in [1.165, 1.54) is 12.8 Å². The third-order valence-electron chi connectivity index (χ3n) is 6.15. The van der Waals surface area contributed by atoms with Crippen molar-refractivity contribution in [2.45, 2.75) is 50.1 Å². The van der Waals surface area contributed by atoms with Crippen molar-refractivity contribution >= 4 is 29.1 Å². The van der Waals surface area contributed by atoms with Gasteiger partial charge in [0.2, 0.25) is 0 Å². The molecule has 2 aromatic heterocycles. The standard InChI is InChI=1S/C21H27N7O/c29-21(25-16-3-1-2-4-16)27-20-6-5-18-19(26-20)9-14(10-23-18)15-11-24-28(13-15)17-7-8-22-12-17/h5-6,9-11,15-17,22H,1-4,7-8,12-13H2,(H2,25,26,27,29). The predicted octanol–water partition coefficient (Wildman–Crippen LogP) is 2.44. The average Bonchev–Trinajstić information content (AvgIpc) is 3.48. The summed E-state index contributed by atoms with van der Waals surface area (Å²) in [6.45, 7) is 2.94. The van der Waals surface area contributed by atoms with E-state index in [1.54, 1.807) is 6.07 Å². The Morgan fingerprint density at radius 1 is 1.17 bits per heavy atom. The molecule has 0 aromatic carbocycles. The zero-order chi connectivity index (χ0) is 19.6. The first-order chi connectivity index (χ1) is 14.2. The van der Waals surface area contributed by atoms with Crippen LogP contribution in [0.15, 0.2) is 29.5 Å². The van der Waals surface area contributed by atoms with Crippen LogP contribution in [0.2, 0.25) is 0 Å². The lowest BCUT2D eigenvalue weighted by Gasteiger charge is -2.22. The highest BCUT2D eigenvalue weighted by atomic mass is 16.2. The second kappa shape index (κ2) is 7.94. The van der Waals surface area contributed by atoms with Crippen LogP contribution in [0, 0.1) is 0 Å². The van der Waals surface area contributed by atoms with Gasteiger partial charge in [-0.25, -0.2) is 9.78 Å². The predicted molar refractivity (Wildman–Crippen MR) is 113 cm³/mol. The number of anilines is 1. The second-order valence-corrected chi connectivity index (χ2v) is 8.22. The van der Waals surface area contributed by atoms with E-state index >= 15 is 0 Å². The molecule has 2 fully saturated rings. The van der Waals surface area contributed by atoms with Crippen molar-refractivity contribution in [2.75, 3.05) is 25.0 Å². The van der Waals surface area contributed by atoms with Crippen LogP contribution in [0.4, 0.5) is 10.6 Å². The minimum absolute atomic E-state index is 0.184. The number of aromatic nitrogens is 2. The third-order valence-corrected chi connectivity index (χ3v) is 6.15. The second-order valence-electron chi connectivity index (χ2n) is 8.22. The maximum atomic E-state index is 12.2.